The number of thioether (sulfide) groups is 1. The molecule has 2 aromatic carbocycles. The first-order chi connectivity index (χ1) is 11.7. The number of furan rings is 1. The summed E-state index contributed by atoms with van der Waals surface area (Å²) < 4.78 is 5.60. The van der Waals surface area contributed by atoms with Crippen molar-refractivity contribution in [3.63, 3.8) is 0 Å². The Hall–Kier alpha value is -2.79. The molecule has 4 aromatic rings. The van der Waals surface area contributed by atoms with Crippen molar-refractivity contribution in [1.82, 2.24) is 9.97 Å². The molecular weight excluding hydrogens is 320 g/mol. The van der Waals surface area contributed by atoms with Gasteiger partial charge in [-0.2, -0.15) is 0 Å². The molecule has 0 bridgehead atoms. The van der Waals surface area contributed by atoms with E-state index in [9.17, 15) is 4.79 Å². The summed E-state index contributed by atoms with van der Waals surface area (Å²) in [4.78, 5) is 19.6. The molecule has 0 radical (unpaired) electrons. The van der Waals surface area contributed by atoms with Gasteiger partial charge in [0, 0.05) is 11.1 Å². The highest BCUT2D eigenvalue weighted by Crippen LogP contribution is 2.27. The summed E-state index contributed by atoms with van der Waals surface area (Å²) in [6.45, 7) is 3.75. The molecule has 2 aromatic heterocycles. The minimum atomic E-state index is -0.249. The number of hydrogen-bond acceptors (Lipinski definition) is 4. The predicted octanol–water partition coefficient (Wildman–Crippen LogP) is 4.60. The van der Waals surface area contributed by atoms with Gasteiger partial charge in [0.2, 0.25) is 5.58 Å². The van der Waals surface area contributed by atoms with Crippen LogP contribution in [0.3, 0.4) is 0 Å². The lowest BCUT2D eigenvalue weighted by Crippen LogP contribution is -2.07. The maximum absolute atomic E-state index is 12.3. The van der Waals surface area contributed by atoms with Gasteiger partial charge >= 0.3 is 0 Å². The Morgan fingerprint density at radius 1 is 1.17 bits per heavy atom. The van der Waals surface area contributed by atoms with E-state index >= 15 is 0 Å². The van der Waals surface area contributed by atoms with Crippen molar-refractivity contribution in [3.05, 3.63) is 76.6 Å². The molecule has 0 fully saturated rings. The fourth-order valence-corrected chi connectivity index (χ4v) is 3.37. The maximum Gasteiger partial charge on any atom is 0.295 e. The highest BCUT2D eigenvalue weighted by molar-refractivity contribution is 7.98. The standard InChI is InChI=1S/C19H14N2O2S/c1-2-12-7-9-13(10-8-12)11-24-19-20-16-14-5-3-4-6-15(14)23-17(16)18(22)21-19/h2-10H,1,11H2,(H,20,21,22). The van der Waals surface area contributed by atoms with Crippen LogP contribution in [0.25, 0.3) is 28.1 Å². The molecule has 0 unspecified atom stereocenters. The van der Waals surface area contributed by atoms with Crippen molar-refractivity contribution >= 4 is 39.9 Å². The van der Waals surface area contributed by atoms with E-state index in [2.05, 4.69) is 16.5 Å². The Balaban J connectivity index is 1.67. The summed E-state index contributed by atoms with van der Waals surface area (Å²) in [6, 6.07) is 15.7. The number of benzene rings is 2. The van der Waals surface area contributed by atoms with Crippen LogP contribution in [0.2, 0.25) is 0 Å². The number of nitrogens with one attached hydrogen (secondary N) is 1. The number of H-pyrrole nitrogens is 1. The summed E-state index contributed by atoms with van der Waals surface area (Å²) in [7, 11) is 0. The summed E-state index contributed by atoms with van der Waals surface area (Å²) in [5.41, 5.74) is 3.55. The van der Waals surface area contributed by atoms with E-state index in [-0.39, 0.29) is 11.1 Å². The van der Waals surface area contributed by atoms with Gasteiger partial charge in [-0.1, -0.05) is 60.8 Å². The van der Waals surface area contributed by atoms with Gasteiger partial charge in [-0.25, -0.2) is 4.98 Å². The van der Waals surface area contributed by atoms with E-state index < -0.39 is 0 Å². The maximum atomic E-state index is 12.3. The van der Waals surface area contributed by atoms with Crippen LogP contribution in [-0.2, 0) is 5.75 Å². The normalized spacial score (nSPS) is 11.2. The fraction of sp³-hybridized carbons (Fsp3) is 0.0526. The Morgan fingerprint density at radius 2 is 1.96 bits per heavy atom. The molecule has 0 aliphatic rings. The van der Waals surface area contributed by atoms with Crippen molar-refractivity contribution < 1.29 is 4.42 Å². The van der Waals surface area contributed by atoms with Crippen molar-refractivity contribution in [2.24, 2.45) is 0 Å². The summed E-state index contributed by atoms with van der Waals surface area (Å²) in [5, 5.41) is 1.45. The van der Waals surface area contributed by atoms with Crippen LogP contribution in [0.5, 0.6) is 0 Å². The van der Waals surface area contributed by atoms with E-state index in [1.807, 2.05) is 54.6 Å². The number of hydrogen-bond donors (Lipinski definition) is 1. The van der Waals surface area contributed by atoms with E-state index in [1.54, 1.807) is 0 Å². The van der Waals surface area contributed by atoms with Gasteiger partial charge in [0.15, 0.2) is 5.16 Å². The molecule has 0 aliphatic carbocycles. The van der Waals surface area contributed by atoms with Crippen molar-refractivity contribution in [3.8, 4) is 0 Å². The number of fused-ring (bicyclic) bond motifs is 3. The number of aromatic amines is 1. The van der Waals surface area contributed by atoms with Crippen molar-refractivity contribution in [2.45, 2.75) is 10.9 Å². The van der Waals surface area contributed by atoms with E-state index in [4.69, 9.17) is 4.42 Å². The van der Waals surface area contributed by atoms with Crippen LogP contribution in [0.1, 0.15) is 11.1 Å². The van der Waals surface area contributed by atoms with Gasteiger partial charge in [0.25, 0.3) is 5.56 Å². The molecule has 0 spiro atoms. The predicted molar refractivity (Wildman–Crippen MR) is 98.2 cm³/mol. The lowest BCUT2D eigenvalue weighted by Gasteiger charge is -2.02. The molecule has 0 aliphatic heterocycles. The van der Waals surface area contributed by atoms with Crippen LogP contribution < -0.4 is 5.56 Å². The second-order valence-electron chi connectivity index (χ2n) is 5.38. The molecule has 2 heterocycles. The summed E-state index contributed by atoms with van der Waals surface area (Å²) in [6.07, 6.45) is 1.81. The molecule has 24 heavy (non-hydrogen) atoms. The number of nitrogens with zero attached hydrogens (tertiary/aromatic N) is 1. The van der Waals surface area contributed by atoms with Gasteiger partial charge in [-0.05, 0) is 23.3 Å². The minimum Gasteiger partial charge on any atom is -0.449 e. The Labute approximate surface area is 142 Å². The third kappa shape index (κ3) is 2.63. The lowest BCUT2D eigenvalue weighted by atomic mass is 10.1. The highest BCUT2D eigenvalue weighted by atomic mass is 32.2. The zero-order valence-corrected chi connectivity index (χ0v) is 13.6. The van der Waals surface area contributed by atoms with Crippen LogP contribution in [0, 0.1) is 0 Å². The lowest BCUT2D eigenvalue weighted by molar-refractivity contribution is 0.658. The number of rotatable bonds is 4. The fourth-order valence-electron chi connectivity index (χ4n) is 2.55. The third-order valence-corrected chi connectivity index (χ3v) is 4.74. The largest absolute Gasteiger partial charge is 0.449 e. The number of aromatic nitrogens is 2. The minimum absolute atomic E-state index is 0.249. The van der Waals surface area contributed by atoms with Gasteiger partial charge in [-0.3, -0.25) is 9.78 Å². The first-order valence-corrected chi connectivity index (χ1v) is 8.49. The number of para-hydroxylation sites is 1. The molecule has 4 nitrogen and oxygen atoms in total. The molecule has 1 N–H and O–H groups in total. The van der Waals surface area contributed by atoms with Gasteiger partial charge in [0.05, 0.1) is 0 Å². The SMILES string of the molecule is C=Cc1ccc(CSc2nc3c(oc4ccccc43)c(=O)[nH]2)cc1. The van der Waals surface area contributed by atoms with Crippen LogP contribution in [0.15, 0.2) is 69.5 Å². The molecule has 0 saturated heterocycles. The molecule has 118 valence electrons. The second kappa shape index (κ2) is 6.02. The zero-order valence-electron chi connectivity index (χ0n) is 12.8. The molecule has 0 atom stereocenters. The van der Waals surface area contributed by atoms with Crippen LogP contribution >= 0.6 is 11.8 Å². The van der Waals surface area contributed by atoms with E-state index in [0.29, 0.717) is 16.3 Å². The monoisotopic (exact) mass is 334 g/mol. The Kier molecular flexibility index (Phi) is 3.70. The van der Waals surface area contributed by atoms with E-state index in [0.717, 1.165) is 22.3 Å². The first kappa shape index (κ1) is 14.8. The highest BCUT2D eigenvalue weighted by Gasteiger charge is 2.13. The smallest absolute Gasteiger partial charge is 0.295 e. The quantitative estimate of drug-likeness (QED) is 0.437. The summed E-state index contributed by atoms with van der Waals surface area (Å²) >= 11 is 1.49. The third-order valence-electron chi connectivity index (χ3n) is 3.80. The van der Waals surface area contributed by atoms with Crippen molar-refractivity contribution in [1.29, 1.82) is 0 Å². The average molecular weight is 334 g/mol. The molecular formula is C19H14N2O2S. The first-order valence-electron chi connectivity index (χ1n) is 7.50. The molecule has 0 amide bonds. The Morgan fingerprint density at radius 3 is 2.75 bits per heavy atom. The molecule has 0 saturated carbocycles. The van der Waals surface area contributed by atoms with Crippen LogP contribution in [0.4, 0.5) is 0 Å². The van der Waals surface area contributed by atoms with Crippen molar-refractivity contribution in [2.75, 3.05) is 0 Å². The summed E-state index contributed by atoms with van der Waals surface area (Å²) in [5.74, 6) is 0.724. The van der Waals surface area contributed by atoms with Gasteiger partial charge in [-0.15, -0.1) is 0 Å². The van der Waals surface area contributed by atoms with Crippen LogP contribution in [-0.4, -0.2) is 9.97 Å². The second-order valence-corrected chi connectivity index (χ2v) is 6.35. The van der Waals surface area contributed by atoms with E-state index in [1.165, 1.54) is 11.8 Å². The zero-order chi connectivity index (χ0) is 16.5. The molecule has 4 rings (SSSR count). The van der Waals surface area contributed by atoms with Gasteiger partial charge in [0.1, 0.15) is 11.1 Å². The topological polar surface area (TPSA) is 58.9 Å². The molecule has 5 heteroatoms. The average Bonchev–Trinajstić information content (AvgIpc) is 3.00. The van der Waals surface area contributed by atoms with Gasteiger partial charge < -0.3 is 4.42 Å². The Bertz CT molecular complexity index is 1090.